The molecule has 3 N–H and O–H groups in total. The van der Waals surface area contributed by atoms with Crippen LogP contribution in [0.3, 0.4) is 0 Å². The molecular formula is C14H17FN8O4. The summed E-state index contributed by atoms with van der Waals surface area (Å²) in [5, 5.41) is 15.2. The van der Waals surface area contributed by atoms with Crippen molar-refractivity contribution in [3.8, 4) is 0 Å². The van der Waals surface area contributed by atoms with Crippen LogP contribution >= 0.6 is 0 Å². The predicted octanol–water partition coefficient (Wildman–Crippen LogP) is 0.406. The van der Waals surface area contributed by atoms with E-state index in [4.69, 9.17) is 10.3 Å². The molecule has 3 heterocycles. The van der Waals surface area contributed by atoms with E-state index in [2.05, 4.69) is 30.3 Å². The number of anilines is 1. The number of amides is 1. The van der Waals surface area contributed by atoms with Gasteiger partial charge in [0.25, 0.3) is 5.56 Å². The number of halogens is 1. The molecule has 0 saturated carbocycles. The molecule has 2 aromatic rings. The quantitative estimate of drug-likeness (QED) is 0.385. The first-order valence-electron chi connectivity index (χ1n) is 8.05. The number of H-pyrrole nitrogens is 1. The Bertz CT molecular complexity index is 981. The lowest BCUT2D eigenvalue weighted by molar-refractivity contribution is -0.118. The van der Waals surface area contributed by atoms with Crippen molar-refractivity contribution in [2.75, 3.05) is 18.5 Å². The summed E-state index contributed by atoms with van der Waals surface area (Å²) in [6.45, 7) is 2.30. The molecule has 0 spiro atoms. The van der Waals surface area contributed by atoms with Gasteiger partial charge in [-0.05, 0) is 5.53 Å². The van der Waals surface area contributed by atoms with Crippen LogP contribution in [0.25, 0.3) is 21.6 Å². The molecule has 1 fully saturated rings. The molecule has 0 radical (unpaired) electrons. The maximum atomic E-state index is 14.9. The number of imidazole rings is 1. The molecule has 1 amide bonds. The minimum absolute atomic E-state index is 0.102. The van der Waals surface area contributed by atoms with Crippen LogP contribution in [0.4, 0.5) is 10.3 Å². The van der Waals surface area contributed by atoms with E-state index in [1.54, 1.807) is 13.8 Å². The van der Waals surface area contributed by atoms with E-state index >= 15 is 0 Å². The van der Waals surface area contributed by atoms with Gasteiger partial charge in [-0.25, -0.2) is 9.37 Å². The van der Waals surface area contributed by atoms with Crippen LogP contribution in [-0.2, 0) is 15.2 Å². The first kappa shape index (κ1) is 18.8. The number of hydrogen-bond acceptors (Lipinski definition) is 7. The number of aromatic nitrogens is 4. The minimum atomic E-state index is -1.92. The van der Waals surface area contributed by atoms with Gasteiger partial charge in [0, 0.05) is 10.8 Å². The van der Waals surface area contributed by atoms with Crippen LogP contribution in [0.15, 0.2) is 16.2 Å². The Balaban J connectivity index is 2.16. The van der Waals surface area contributed by atoms with Gasteiger partial charge in [-0.3, -0.25) is 24.5 Å². The molecule has 27 heavy (non-hydrogen) atoms. The van der Waals surface area contributed by atoms with Crippen LogP contribution in [0.1, 0.15) is 13.8 Å². The second-order valence-corrected chi connectivity index (χ2v) is 6.35. The Labute approximate surface area is 151 Å². The number of alkyl halides is 1. The highest BCUT2D eigenvalue weighted by molar-refractivity contribution is 5.91. The largest absolute Gasteiger partial charge is 0.394 e. The third-order valence-electron chi connectivity index (χ3n) is 4.27. The number of carbonyl (C=O) groups excluding carboxylic acids is 1. The lowest BCUT2D eigenvalue weighted by Gasteiger charge is -2.26. The monoisotopic (exact) mass is 380 g/mol. The van der Waals surface area contributed by atoms with Crippen LogP contribution in [-0.4, -0.2) is 56.0 Å². The molecule has 1 aliphatic heterocycles. The normalized spacial score (nSPS) is 24.9. The first-order chi connectivity index (χ1) is 12.8. The second kappa shape index (κ2) is 6.95. The van der Waals surface area contributed by atoms with E-state index in [1.165, 1.54) is 0 Å². The summed E-state index contributed by atoms with van der Waals surface area (Å²) >= 11 is 0. The molecule has 0 unspecified atom stereocenters. The smallest absolute Gasteiger partial charge is 0.280 e. The van der Waals surface area contributed by atoms with Crippen molar-refractivity contribution in [1.29, 1.82) is 0 Å². The Morgan fingerprint density at radius 2 is 2.44 bits per heavy atom. The van der Waals surface area contributed by atoms with Crippen molar-refractivity contribution >= 4 is 23.0 Å². The summed E-state index contributed by atoms with van der Waals surface area (Å²) in [6.07, 6.45) is -2.02. The number of azide groups is 1. The maximum Gasteiger partial charge on any atom is 0.280 e. The van der Waals surface area contributed by atoms with Crippen LogP contribution in [0.2, 0.25) is 0 Å². The van der Waals surface area contributed by atoms with Crippen molar-refractivity contribution in [2.45, 2.75) is 31.8 Å². The minimum Gasteiger partial charge on any atom is -0.394 e. The number of carbonyl (C=O) groups is 1. The van der Waals surface area contributed by atoms with Crippen molar-refractivity contribution in [3.63, 3.8) is 0 Å². The van der Waals surface area contributed by atoms with E-state index in [9.17, 15) is 19.1 Å². The van der Waals surface area contributed by atoms with E-state index in [0.29, 0.717) is 0 Å². The Morgan fingerprint density at radius 3 is 3.04 bits per heavy atom. The summed E-state index contributed by atoms with van der Waals surface area (Å²) in [7, 11) is 0. The van der Waals surface area contributed by atoms with Gasteiger partial charge in [-0.15, -0.1) is 0 Å². The van der Waals surface area contributed by atoms with E-state index in [-0.39, 0.29) is 28.9 Å². The SMILES string of the molecule is CC(C)C(=O)Nc1nc2c(ncn2[C@]2(N=[N+]=[N-])CO[C@H](CO)[C@H]2F)c(=O)[nH]1. The molecule has 0 bridgehead atoms. The molecular weight excluding hydrogens is 363 g/mol. The van der Waals surface area contributed by atoms with Gasteiger partial charge in [-0.2, -0.15) is 4.98 Å². The molecule has 1 saturated heterocycles. The summed E-state index contributed by atoms with van der Waals surface area (Å²) in [5.74, 6) is -0.910. The molecule has 144 valence electrons. The Hall–Kier alpha value is -3.02. The number of aliphatic hydroxyl groups excluding tert-OH is 1. The van der Waals surface area contributed by atoms with Gasteiger partial charge >= 0.3 is 0 Å². The van der Waals surface area contributed by atoms with Crippen molar-refractivity contribution in [2.24, 2.45) is 11.0 Å². The number of aromatic amines is 1. The van der Waals surface area contributed by atoms with E-state index in [0.717, 1.165) is 10.9 Å². The van der Waals surface area contributed by atoms with Gasteiger partial charge in [0.15, 0.2) is 23.0 Å². The van der Waals surface area contributed by atoms with Crippen molar-refractivity contribution < 1.29 is 19.0 Å². The molecule has 3 atom stereocenters. The van der Waals surface area contributed by atoms with Crippen molar-refractivity contribution in [1.82, 2.24) is 19.5 Å². The lowest BCUT2D eigenvalue weighted by atomic mass is 10.0. The highest BCUT2D eigenvalue weighted by atomic mass is 19.1. The molecule has 1 aliphatic rings. The number of aliphatic hydroxyl groups is 1. The number of nitrogens with zero attached hydrogens (tertiary/aromatic N) is 6. The highest BCUT2D eigenvalue weighted by Crippen LogP contribution is 2.37. The fraction of sp³-hybridized carbons (Fsp3) is 0.571. The fourth-order valence-electron chi connectivity index (χ4n) is 2.76. The topological polar surface area (TPSA) is 171 Å². The van der Waals surface area contributed by atoms with Gasteiger partial charge in [0.05, 0.1) is 19.5 Å². The number of rotatable bonds is 5. The molecule has 3 rings (SSSR count). The maximum absolute atomic E-state index is 14.9. The van der Waals surface area contributed by atoms with Gasteiger partial charge in [-0.1, -0.05) is 19.0 Å². The number of nitrogens with one attached hydrogen (secondary N) is 2. The van der Waals surface area contributed by atoms with Crippen LogP contribution in [0.5, 0.6) is 0 Å². The van der Waals surface area contributed by atoms with Gasteiger partial charge in [0.1, 0.15) is 6.10 Å². The Kier molecular flexibility index (Phi) is 4.83. The first-order valence-corrected chi connectivity index (χ1v) is 8.05. The standard InChI is InChI=1S/C14H17FN8O4/c1-6(2)11(25)19-13-18-10-8(12(26)20-13)17-5-23(10)14(21-22-16)4-27-7(3-24)9(14)15/h5-7,9,24H,3-4H2,1-2H3,(H2,18,19,20,25,26)/t7-,9-,14-/m1/s1. The van der Waals surface area contributed by atoms with E-state index in [1.807, 2.05) is 0 Å². The second-order valence-electron chi connectivity index (χ2n) is 6.35. The summed E-state index contributed by atoms with van der Waals surface area (Å²) < 4.78 is 21.2. The third-order valence-corrected chi connectivity index (χ3v) is 4.27. The summed E-state index contributed by atoms with van der Waals surface area (Å²) in [4.78, 5) is 37.2. The molecule has 0 aliphatic carbocycles. The summed E-state index contributed by atoms with van der Waals surface area (Å²) in [6, 6.07) is 0. The van der Waals surface area contributed by atoms with Crippen molar-refractivity contribution in [3.05, 3.63) is 27.1 Å². The highest BCUT2D eigenvalue weighted by Gasteiger charge is 2.52. The molecule has 0 aromatic carbocycles. The Morgan fingerprint density at radius 1 is 1.70 bits per heavy atom. The molecule has 12 nitrogen and oxygen atoms in total. The lowest BCUT2D eigenvalue weighted by Crippen LogP contribution is -2.42. The molecule has 2 aromatic heterocycles. The van der Waals surface area contributed by atoms with Crippen LogP contribution < -0.4 is 10.9 Å². The molecule has 13 heteroatoms. The van der Waals surface area contributed by atoms with E-state index < -0.39 is 36.7 Å². The number of hydrogen-bond donors (Lipinski definition) is 3. The zero-order chi connectivity index (χ0) is 19.8. The zero-order valence-electron chi connectivity index (χ0n) is 14.5. The average molecular weight is 380 g/mol. The summed E-state index contributed by atoms with van der Waals surface area (Å²) in [5.41, 5.74) is 6.10. The van der Waals surface area contributed by atoms with Gasteiger partial charge < -0.3 is 9.84 Å². The average Bonchev–Trinajstić information content (AvgIpc) is 3.18. The number of fused-ring (bicyclic) bond motifs is 1. The van der Waals surface area contributed by atoms with Crippen LogP contribution in [0, 0.1) is 5.92 Å². The zero-order valence-corrected chi connectivity index (χ0v) is 14.5. The third kappa shape index (κ3) is 3.01. The fourth-order valence-corrected chi connectivity index (χ4v) is 2.76. The number of ether oxygens (including phenoxy) is 1. The predicted molar refractivity (Wildman–Crippen MR) is 90.5 cm³/mol. The van der Waals surface area contributed by atoms with Gasteiger partial charge in [0.2, 0.25) is 11.9 Å².